The van der Waals surface area contributed by atoms with Crippen molar-refractivity contribution in [3.05, 3.63) is 72.3 Å². The van der Waals surface area contributed by atoms with Gasteiger partial charge in [0.25, 0.3) is 0 Å². The fourth-order valence-electron chi connectivity index (χ4n) is 5.63. The van der Waals surface area contributed by atoms with Crippen molar-refractivity contribution in [3.63, 3.8) is 0 Å². The van der Waals surface area contributed by atoms with E-state index >= 15 is 8.78 Å². The molecule has 0 N–H and O–H groups in total. The average Bonchev–Trinajstić information content (AvgIpc) is 2.93. The third-order valence-electron chi connectivity index (χ3n) is 7.82. The van der Waals surface area contributed by atoms with Crippen LogP contribution in [0.25, 0.3) is 11.1 Å². The van der Waals surface area contributed by atoms with E-state index in [1.807, 2.05) is 0 Å². The molecule has 1 saturated heterocycles. The summed E-state index contributed by atoms with van der Waals surface area (Å²) in [6.07, 6.45) is 4.10. The van der Waals surface area contributed by atoms with Crippen LogP contribution >= 0.6 is 0 Å². The molecule has 1 heterocycles. The lowest BCUT2D eigenvalue weighted by atomic mass is 9.76. The molecule has 41 heavy (non-hydrogen) atoms. The first-order valence-corrected chi connectivity index (χ1v) is 13.9. The van der Waals surface area contributed by atoms with Crippen LogP contribution < -0.4 is 9.47 Å². The van der Waals surface area contributed by atoms with Gasteiger partial charge in [-0.25, -0.2) is 13.2 Å². The molecule has 0 bridgehead atoms. The molecule has 0 aromatic heterocycles. The summed E-state index contributed by atoms with van der Waals surface area (Å²) in [6.45, 7) is 2.78. The molecule has 1 aliphatic carbocycles. The van der Waals surface area contributed by atoms with Crippen LogP contribution in [-0.2, 0) is 4.74 Å². The van der Waals surface area contributed by atoms with Gasteiger partial charge in [0.15, 0.2) is 23.6 Å². The van der Waals surface area contributed by atoms with Gasteiger partial charge in [-0.2, -0.15) is 17.6 Å². The Morgan fingerprint density at radius 3 is 2.22 bits per heavy atom. The summed E-state index contributed by atoms with van der Waals surface area (Å²) >= 11 is 0. The lowest BCUT2D eigenvalue weighted by Gasteiger charge is -2.39. The molecule has 2 aliphatic rings. The molecule has 10 heteroatoms. The van der Waals surface area contributed by atoms with E-state index in [4.69, 9.17) is 9.47 Å². The maximum atomic E-state index is 15.0. The second-order valence-corrected chi connectivity index (χ2v) is 10.6. The van der Waals surface area contributed by atoms with Crippen LogP contribution in [0.4, 0.5) is 30.7 Å². The number of halogens is 7. The standard InChI is InChI=1S/C31H33F7O3/c1-2-3-4-5-19-6-13-28(39-17-19)20-7-9-22(10-8-20)31(37,38)41-23-11-12-24(25(32)16-23)21-14-26(33)30(27(34)15-21)40-18-29(35)36/h3-4,11-12,14-16,18-20,22,28H,2,5-10,13,17H2,1H3/b4-3-. The number of allylic oxidation sites excluding steroid dienone is 2. The van der Waals surface area contributed by atoms with Crippen molar-refractivity contribution < 1.29 is 44.9 Å². The van der Waals surface area contributed by atoms with Crippen LogP contribution in [0, 0.1) is 35.2 Å². The van der Waals surface area contributed by atoms with E-state index in [9.17, 15) is 22.0 Å². The van der Waals surface area contributed by atoms with E-state index in [0.29, 0.717) is 37.5 Å². The summed E-state index contributed by atoms with van der Waals surface area (Å²) in [5.74, 6) is -5.59. The van der Waals surface area contributed by atoms with Gasteiger partial charge in [0.05, 0.1) is 18.6 Å². The smallest absolute Gasteiger partial charge is 0.400 e. The molecule has 4 rings (SSSR count). The summed E-state index contributed by atoms with van der Waals surface area (Å²) < 4.78 is 113. The SMILES string of the molecule is CC/C=C\CC1CCC(C2CCC(C(F)(F)Oc3ccc(-c4cc(F)c(OC=C(F)F)c(F)c4)c(F)c3)CC2)OC1. The summed E-state index contributed by atoms with van der Waals surface area (Å²) in [5, 5.41) is 0. The fraction of sp³-hybridized carbons (Fsp3) is 0.484. The van der Waals surface area contributed by atoms with Crippen molar-refractivity contribution in [2.75, 3.05) is 6.61 Å². The summed E-state index contributed by atoms with van der Waals surface area (Å²) in [6, 6.07) is 4.24. The highest BCUT2D eigenvalue weighted by atomic mass is 19.3. The Balaban J connectivity index is 1.33. The summed E-state index contributed by atoms with van der Waals surface area (Å²) in [5.41, 5.74) is -0.575. The Labute approximate surface area is 235 Å². The van der Waals surface area contributed by atoms with E-state index in [1.54, 1.807) is 0 Å². The Bertz CT molecular complexity index is 1200. The van der Waals surface area contributed by atoms with Gasteiger partial charge in [0.1, 0.15) is 11.6 Å². The zero-order chi connectivity index (χ0) is 29.6. The molecule has 2 aromatic rings. The quantitative estimate of drug-likeness (QED) is 0.158. The lowest BCUT2D eigenvalue weighted by molar-refractivity contribution is -0.225. The molecule has 1 aliphatic heterocycles. The minimum atomic E-state index is -3.54. The van der Waals surface area contributed by atoms with E-state index in [0.717, 1.165) is 43.9 Å². The predicted molar refractivity (Wildman–Crippen MR) is 140 cm³/mol. The van der Waals surface area contributed by atoms with E-state index < -0.39 is 47.1 Å². The molecule has 2 unspecified atom stereocenters. The second-order valence-electron chi connectivity index (χ2n) is 10.6. The molecule has 3 nitrogen and oxygen atoms in total. The average molecular weight is 587 g/mol. The van der Waals surface area contributed by atoms with Crippen molar-refractivity contribution in [3.8, 4) is 22.6 Å². The lowest BCUT2D eigenvalue weighted by Crippen LogP contribution is -2.40. The maximum absolute atomic E-state index is 15.0. The van der Waals surface area contributed by atoms with Gasteiger partial charge in [0, 0.05) is 11.6 Å². The van der Waals surface area contributed by atoms with Gasteiger partial charge in [-0.3, -0.25) is 0 Å². The molecule has 2 fully saturated rings. The van der Waals surface area contributed by atoms with Crippen LogP contribution in [0.1, 0.15) is 58.3 Å². The number of rotatable bonds is 10. The highest BCUT2D eigenvalue weighted by Crippen LogP contribution is 2.43. The van der Waals surface area contributed by atoms with Crippen LogP contribution in [0.5, 0.6) is 11.5 Å². The van der Waals surface area contributed by atoms with Gasteiger partial charge in [-0.1, -0.05) is 19.1 Å². The third kappa shape index (κ3) is 8.05. The van der Waals surface area contributed by atoms with Crippen molar-refractivity contribution in [1.82, 2.24) is 0 Å². The van der Waals surface area contributed by atoms with E-state index in [-0.39, 0.29) is 42.3 Å². The van der Waals surface area contributed by atoms with Gasteiger partial charge < -0.3 is 14.2 Å². The van der Waals surface area contributed by atoms with Gasteiger partial charge >= 0.3 is 12.2 Å². The van der Waals surface area contributed by atoms with Crippen molar-refractivity contribution in [2.24, 2.45) is 17.8 Å². The first-order valence-electron chi connectivity index (χ1n) is 13.9. The number of ether oxygens (including phenoxy) is 3. The first-order chi connectivity index (χ1) is 19.6. The van der Waals surface area contributed by atoms with E-state index in [1.165, 1.54) is 0 Å². The monoisotopic (exact) mass is 586 g/mol. The zero-order valence-corrected chi connectivity index (χ0v) is 22.7. The highest BCUT2D eigenvalue weighted by Gasteiger charge is 2.45. The minimum Gasteiger partial charge on any atom is -0.453 e. The third-order valence-corrected chi connectivity index (χ3v) is 7.82. The molecule has 0 radical (unpaired) electrons. The molecule has 1 saturated carbocycles. The molecular weight excluding hydrogens is 553 g/mol. The Kier molecular flexibility index (Phi) is 10.4. The van der Waals surface area contributed by atoms with Crippen molar-refractivity contribution in [2.45, 2.75) is 70.5 Å². The normalized spacial score (nSPS) is 23.4. The van der Waals surface area contributed by atoms with Crippen molar-refractivity contribution in [1.29, 1.82) is 0 Å². The fourth-order valence-corrected chi connectivity index (χ4v) is 5.63. The Hall–Kier alpha value is -3.01. The molecule has 0 spiro atoms. The summed E-state index contributed by atoms with van der Waals surface area (Å²) in [4.78, 5) is 0. The van der Waals surface area contributed by atoms with Crippen LogP contribution in [0.3, 0.4) is 0 Å². The molecule has 0 amide bonds. The number of benzene rings is 2. The van der Waals surface area contributed by atoms with Gasteiger partial charge in [-0.05, 0) is 93.0 Å². The molecule has 224 valence electrons. The minimum absolute atomic E-state index is 0.0789. The van der Waals surface area contributed by atoms with Crippen LogP contribution in [0.15, 0.2) is 54.8 Å². The highest BCUT2D eigenvalue weighted by molar-refractivity contribution is 5.66. The first kappa shape index (κ1) is 30.9. The summed E-state index contributed by atoms with van der Waals surface area (Å²) in [7, 11) is 0. The molecule has 2 atom stereocenters. The largest absolute Gasteiger partial charge is 0.453 e. The maximum Gasteiger partial charge on any atom is 0.400 e. The Morgan fingerprint density at radius 2 is 1.63 bits per heavy atom. The van der Waals surface area contributed by atoms with Crippen LogP contribution in [-0.4, -0.2) is 18.8 Å². The predicted octanol–water partition coefficient (Wildman–Crippen LogP) is 9.82. The van der Waals surface area contributed by atoms with Gasteiger partial charge in [-0.15, -0.1) is 0 Å². The van der Waals surface area contributed by atoms with E-state index in [2.05, 4.69) is 23.8 Å². The van der Waals surface area contributed by atoms with Crippen LogP contribution in [0.2, 0.25) is 0 Å². The van der Waals surface area contributed by atoms with Crippen molar-refractivity contribution >= 4 is 0 Å². The number of alkyl halides is 2. The topological polar surface area (TPSA) is 27.7 Å². The number of hydrogen-bond donors (Lipinski definition) is 0. The Morgan fingerprint density at radius 1 is 0.927 bits per heavy atom. The number of hydrogen-bond acceptors (Lipinski definition) is 3. The second kappa shape index (κ2) is 13.8. The molecule has 2 aromatic carbocycles. The molecular formula is C31H33F7O3. The van der Waals surface area contributed by atoms with Gasteiger partial charge in [0.2, 0.25) is 0 Å². The zero-order valence-electron chi connectivity index (χ0n) is 22.7.